The van der Waals surface area contributed by atoms with Gasteiger partial charge < -0.3 is 15.1 Å². The molecule has 2 fully saturated rings. The molecule has 3 aliphatic rings. The maximum atomic E-state index is 12.5. The van der Waals surface area contributed by atoms with Crippen LogP contribution in [-0.4, -0.2) is 52.6 Å². The monoisotopic (exact) mass is 413 g/mol. The molecule has 156 valence electrons. The summed E-state index contributed by atoms with van der Waals surface area (Å²) in [5.41, 5.74) is 1.29. The minimum Gasteiger partial charge on any atom is -0.352 e. The van der Waals surface area contributed by atoms with Crippen molar-refractivity contribution < 1.29 is 4.79 Å². The third kappa shape index (κ3) is 3.81. The highest BCUT2D eigenvalue weighted by atomic mass is 32.1. The fourth-order valence-electron chi connectivity index (χ4n) is 4.43. The van der Waals surface area contributed by atoms with Crippen LogP contribution in [0.1, 0.15) is 68.6 Å². The Balaban J connectivity index is 1.43. The van der Waals surface area contributed by atoms with Gasteiger partial charge in [-0.25, -0.2) is 14.8 Å². The first-order chi connectivity index (χ1) is 13.9. The summed E-state index contributed by atoms with van der Waals surface area (Å²) in [5.74, 6) is 2.72. The van der Waals surface area contributed by atoms with E-state index in [1.54, 1.807) is 0 Å². The van der Waals surface area contributed by atoms with E-state index in [1.165, 1.54) is 52.8 Å². The van der Waals surface area contributed by atoms with Crippen molar-refractivity contribution >= 4 is 33.4 Å². The maximum absolute atomic E-state index is 12.5. The fourth-order valence-corrected chi connectivity index (χ4v) is 5.69. The predicted octanol–water partition coefficient (Wildman–Crippen LogP) is 4.08. The number of piperazine rings is 1. The zero-order chi connectivity index (χ0) is 20.2. The summed E-state index contributed by atoms with van der Waals surface area (Å²) in [6.45, 7) is 9.21. The number of aryl methyl sites for hydroxylation is 2. The number of anilines is 1. The van der Waals surface area contributed by atoms with Gasteiger partial charge in [0.25, 0.3) is 0 Å². The van der Waals surface area contributed by atoms with E-state index < -0.39 is 0 Å². The number of thiophene rings is 1. The SMILES string of the molecule is CC(C)(C)NC(=O)N1CCN(c2nc(C3CC3)nc3sc4c(c23)CCCC4)CC1. The largest absolute Gasteiger partial charge is 0.352 e. The number of hydrogen-bond acceptors (Lipinski definition) is 5. The Bertz CT molecular complexity index is 935. The molecule has 2 amide bonds. The van der Waals surface area contributed by atoms with Gasteiger partial charge in [-0.05, 0) is 64.9 Å². The Morgan fingerprint density at radius 3 is 2.48 bits per heavy atom. The van der Waals surface area contributed by atoms with Gasteiger partial charge in [-0.1, -0.05) is 0 Å². The van der Waals surface area contributed by atoms with Gasteiger partial charge in [0, 0.05) is 42.5 Å². The lowest BCUT2D eigenvalue weighted by atomic mass is 9.97. The van der Waals surface area contributed by atoms with Crippen molar-refractivity contribution in [3.63, 3.8) is 0 Å². The van der Waals surface area contributed by atoms with E-state index in [9.17, 15) is 4.79 Å². The molecule has 0 bridgehead atoms. The molecule has 7 heteroatoms. The van der Waals surface area contributed by atoms with E-state index in [-0.39, 0.29) is 11.6 Å². The average Bonchev–Trinajstić information content (AvgIpc) is 3.46. The van der Waals surface area contributed by atoms with Gasteiger partial charge >= 0.3 is 6.03 Å². The number of amides is 2. The van der Waals surface area contributed by atoms with Gasteiger partial charge in [0.15, 0.2) is 0 Å². The Morgan fingerprint density at radius 2 is 1.79 bits per heavy atom. The van der Waals surface area contributed by atoms with E-state index in [2.05, 4.69) is 10.2 Å². The molecule has 2 aromatic rings. The number of carbonyl (C=O) groups excluding carboxylic acids is 1. The summed E-state index contributed by atoms with van der Waals surface area (Å²) >= 11 is 1.90. The second kappa shape index (κ2) is 7.11. The van der Waals surface area contributed by atoms with E-state index in [0.29, 0.717) is 5.92 Å². The molecule has 0 radical (unpaired) electrons. The minimum absolute atomic E-state index is 0.0385. The quantitative estimate of drug-likeness (QED) is 0.806. The number of aromatic nitrogens is 2. The van der Waals surface area contributed by atoms with Crippen LogP contribution in [0.15, 0.2) is 0 Å². The molecule has 1 saturated carbocycles. The van der Waals surface area contributed by atoms with Crippen LogP contribution in [0.25, 0.3) is 10.2 Å². The molecule has 1 N–H and O–H groups in total. The first-order valence-electron chi connectivity index (χ1n) is 11.0. The Hall–Kier alpha value is -1.89. The van der Waals surface area contributed by atoms with E-state index in [4.69, 9.17) is 9.97 Å². The lowest BCUT2D eigenvalue weighted by Crippen LogP contribution is -2.55. The molecule has 2 aliphatic carbocycles. The molecule has 2 aromatic heterocycles. The number of rotatable bonds is 2. The summed E-state index contributed by atoms with van der Waals surface area (Å²) in [6, 6.07) is 0.0385. The van der Waals surface area contributed by atoms with Gasteiger partial charge in [-0.3, -0.25) is 0 Å². The topological polar surface area (TPSA) is 61.4 Å². The van der Waals surface area contributed by atoms with Crippen LogP contribution in [0.5, 0.6) is 0 Å². The number of nitrogens with one attached hydrogen (secondary N) is 1. The van der Waals surface area contributed by atoms with Crippen molar-refractivity contribution in [3.05, 3.63) is 16.3 Å². The zero-order valence-corrected chi connectivity index (χ0v) is 18.6. The summed E-state index contributed by atoms with van der Waals surface area (Å²) in [4.78, 5) is 29.7. The van der Waals surface area contributed by atoms with Crippen LogP contribution in [-0.2, 0) is 12.8 Å². The van der Waals surface area contributed by atoms with Gasteiger partial charge in [-0.2, -0.15) is 0 Å². The Labute approximate surface area is 176 Å². The number of fused-ring (bicyclic) bond motifs is 3. The molecule has 0 atom stereocenters. The molecule has 0 aromatic carbocycles. The van der Waals surface area contributed by atoms with Crippen molar-refractivity contribution in [2.24, 2.45) is 0 Å². The van der Waals surface area contributed by atoms with Crippen LogP contribution < -0.4 is 10.2 Å². The lowest BCUT2D eigenvalue weighted by molar-refractivity contribution is 0.185. The molecule has 1 aliphatic heterocycles. The van der Waals surface area contributed by atoms with Gasteiger partial charge in [0.2, 0.25) is 0 Å². The van der Waals surface area contributed by atoms with Gasteiger partial charge in [-0.15, -0.1) is 11.3 Å². The normalized spacial score (nSPS) is 20.1. The lowest BCUT2D eigenvalue weighted by Gasteiger charge is -2.37. The fraction of sp³-hybridized carbons (Fsp3) is 0.682. The molecule has 0 spiro atoms. The van der Waals surface area contributed by atoms with Crippen LogP contribution in [0.2, 0.25) is 0 Å². The van der Waals surface area contributed by atoms with Crippen LogP contribution in [0.4, 0.5) is 10.6 Å². The number of carbonyl (C=O) groups is 1. The van der Waals surface area contributed by atoms with Crippen LogP contribution >= 0.6 is 11.3 Å². The summed E-state index contributed by atoms with van der Waals surface area (Å²) in [5, 5.41) is 4.39. The molecule has 3 heterocycles. The first-order valence-corrected chi connectivity index (χ1v) is 11.8. The molecule has 29 heavy (non-hydrogen) atoms. The number of hydrogen-bond donors (Lipinski definition) is 1. The summed E-state index contributed by atoms with van der Waals surface area (Å²) in [6.07, 6.45) is 7.34. The van der Waals surface area contributed by atoms with E-state index >= 15 is 0 Å². The highest BCUT2D eigenvalue weighted by Crippen LogP contribution is 2.44. The van der Waals surface area contributed by atoms with Crippen LogP contribution in [0.3, 0.4) is 0 Å². The number of urea groups is 1. The summed E-state index contributed by atoms with van der Waals surface area (Å²) in [7, 11) is 0. The third-order valence-corrected chi connectivity index (χ3v) is 7.29. The molecule has 1 saturated heterocycles. The predicted molar refractivity (Wildman–Crippen MR) is 118 cm³/mol. The third-order valence-electron chi connectivity index (χ3n) is 6.10. The molecule has 6 nitrogen and oxygen atoms in total. The van der Waals surface area contributed by atoms with Gasteiger partial charge in [0.05, 0.1) is 5.39 Å². The number of nitrogens with zero attached hydrogens (tertiary/aromatic N) is 4. The Kier molecular flexibility index (Phi) is 4.68. The van der Waals surface area contributed by atoms with Crippen molar-refractivity contribution in [1.82, 2.24) is 20.2 Å². The maximum Gasteiger partial charge on any atom is 0.317 e. The van der Waals surface area contributed by atoms with Crippen molar-refractivity contribution in [1.29, 1.82) is 0 Å². The second-order valence-electron chi connectivity index (χ2n) is 9.72. The van der Waals surface area contributed by atoms with Crippen molar-refractivity contribution in [2.45, 2.75) is 70.8 Å². The zero-order valence-electron chi connectivity index (χ0n) is 17.8. The highest BCUT2D eigenvalue weighted by Gasteiger charge is 2.32. The smallest absolute Gasteiger partial charge is 0.317 e. The van der Waals surface area contributed by atoms with Gasteiger partial charge in [0.1, 0.15) is 16.5 Å². The van der Waals surface area contributed by atoms with Crippen molar-refractivity contribution in [3.8, 4) is 0 Å². The molecule has 0 unspecified atom stereocenters. The second-order valence-corrected chi connectivity index (χ2v) is 10.8. The Morgan fingerprint density at radius 1 is 1.07 bits per heavy atom. The van der Waals surface area contributed by atoms with E-state index in [1.807, 2.05) is 37.0 Å². The molecular formula is C22H31N5OS. The molecular weight excluding hydrogens is 382 g/mol. The van der Waals surface area contributed by atoms with Crippen molar-refractivity contribution in [2.75, 3.05) is 31.1 Å². The average molecular weight is 414 g/mol. The molecule has 5 rings (SSSR count). The highest BCUT2D eigenvalue weighted by molar-refractivity contribution is 7.19. The first kappa shape index (κ1) is 19.1. The standard InChI is InChI=1S/C22H31N5OS/c1-22(2,3)25-21(28)27-12-10-26(11-13-27)19-17-15-6-4-5-7-16(15)29-20(17)24-18(23-19)14-8-9-14/h14H,4-13H2,1-3H3,(H,25,28). The van der Waals surface area contributed by atoms with E-state index in [0.717, 1.165) is 44.2 Å². The summed E-state index contributed by atoms with van der Waals surface area (Å²) < 4.78 is 0. The minimum atomic E-state index is -0.206. The van der Waals surface area contributed by atoms with Crippen LogP contribution in [0, 0.1) is 0 Å².